The van der Waals surface area contributed by atoms with Crippen LogP contribution in [0.1, 0.15) is 5.56 Å². The summed E-state index contributed by atoms with van der Waals surface area (Å²) < 4.78 is 10.4. The number of likely N-dealkylation sites (N-methyl/N-ethyl adjacent to an activating group) is 1. The minimum Gasteiger partial charge on any atom is -0.491 e. The second kappa shape index (κ2) is 8.48. The lowest BCUT2D eigenvalue weighted by molar-refractivity contribution is 0.0668. The van der Waals surface area contributed by atoms with E-state index in [1.165, 1.54) is 0 Å². The van der Waals surface area contributed by atoms with E-state index in [2.05, 4.69) is 0 Å². The summed E-state index contributed by atoms with van der Waals surface area (Å²) in [5.74, 6) is 0.595. The highest BCUT2D eigenvalue weighted by Gasteiger charge is 2.09. The van der Waals surface area contributed by atoms with Crippen LogP contribution in [-0.2, 0) is 4.74 Å². The molecule has 0 bridgehead atoms. The molecule has 0 fully saturated rings. The predicted molar refractivity (Wildman–Crippen MR) is 72.0 cm³/mol. The third-order valence-electron chi connectivity index (χ3n) is 2.61. The molecule has 104 valence electrons. The van der Waals surface area contributed by atoms with Crippen LogP contribution in [0.3, 0.4) is 0 Å². The van der Waals surface area contributed by atoms with Gasteiger partial charge in [0.1, 0.15) is 18.5 Å². The Kier molecular flexibility index (Phi) is 6.90. The summed E-state index contributed by atoms with van der Waals surface area (Å²) in [4.78, 5) is 1.98. The Bertz CT molecular complexity index is 417. The van der Waals surface area contributed by atoms with Crippen molar-refractivity contribution in [3.63, 3.8) is 0 Å². The van der Waals surface area contributed by atoms with Gasteiger partial charge in [-0.1, -0.05) is 6.07 Å². The number of nitriles is 1. The Morgan fingerprint density at radius 3 is 2.95 bits per heavy atom. The number of ether oxygens (including phenoxy) is 2. The molecular weight excluding hydrogens is 244 g/mol. The Morgan fingerprint density at radius 2 is 2.26 bits per heavy atom. The van der Waals surface area contributed by atoms with E-state index < -0.39 is 6.10 Å². The normalized spacial score (nSPS) is 12.2. The van der Waals surface area contributed by atoms with Crippen LogP contribution >= 0.6 is 0 Å². The van der Waals surface area contributed by atoms with Gasteiger partial charge < -0.3 is 19.5 Å². The van der Waals surface area contributed by atoms with Crippen LogP contribution in [0.15, 0.2) is 24.3 Å². The number of methoxy groups -OCH3 is 1. The first-order valence-corrected chi connectivity index (χ1v) is 6.14. The SMILES string of the molecule is COCCN(C)CC(O)COc1cccc(C#N)c1. The molecule has 5 heteroatoms. The first-order valence-electron chi connectivity index (χ1n) is 6.14. The van der Waals surface area contributed by atoms with Crippen molar-refractivity contribution in [1.29, 1.82) is 5.26 Å². The summed E-state index contributed by atoms with van der Waals surface area (Å²) in [6, 6.07) is 8.93. The van der Waals surface area contributed by atoms with Gasteiger partial charge in [0.15, 0.2) is 0 Å². The maximum atomic E-state index is 9.83. The predicted octanol–water partition coefficient (Wildman–Crippen LogP) is 0.876. The van der Waals surface area contributed by atoms with Crippen LogP contribution in [0.4, 0.5) is 0 Å². The third-order valence-corrected chi connectivity index (χ3v) is 2.61. The summed E-state index contributed by atoms with van der Waals surface area (Å²) in [7, 11) is 3.56. The zero-order valence-electron chi connectivity index (χ0n) is 11.4. The second-order valence-electron chi connectivity index (χ2n) is 4.36. The summed E-state index contributed by atoms with van der Waals surface area (Å²) in [5, 5.41) is 18.6. The van der Waals surface area contributed by atoms with E-state index in [1.807, 2.05) is 18.0 Å². The van der Waals surface area contributed by atoms with Crippen molar-refractivity contribution in [2.45, 2.75) is 6.10 Å². The number of aliphatic hydroxyl groups is 1. The van der Waals surface area contributed by atoms with Crippen LogP contribution in [0.2, 0.25) is 0 Å². The highest BCUT2D eigenvalue weighted by Crippen LogP contribution is 2.12. The zero-order valence-corrected chi connectivity index (χ0v) is 11.4. The molecule has 1 atom stereocenters. The molecule has 0 saturated carbocycles. The van der Waals surface area contributed by atoms with E-state index in [1.54, 1.807) is 31.4 Å². The van der Waals surface area contributed by atoms with E-state index in [0.29, 0.717) is 24.5 Å². The summed E-state index contributed by atoms with van der Waals surface area (Å²) in [6.07, 6.45) is -0.576. The molecule has 0 radical (unpaired) electrons. The van der Waals surface area contributed by atoms with E-state index >= 15 is 0 Å². The van der Waals surface area contributed by atoms with E-state index in [-0.39, 0.29) is 6.61 Å². The van der Waals surface area contributed by atoms with Crippen molar-refractivity contribution < 1.29 is 14.6 Å². The number of hydrogen-bond donors (Lipinski definition) is 1. The van der Waals surface area contributed by atoms with E-state index in [4.69, 9.17) is 14.7 Å². The Balaban J connectivity index is 2.33. The fraction of sp³-hybridized carbons (Fsp3) is 0.500. The topological polar surface area (TPSA) is 65.7 Å². The number of aliphatic hydroxyl groups excluding tert-OH is 1. The summed E-state index contributed by atoms with van der Waals surface area (Å²) in [5.41, 5.74) is 0.546. The van der Waals surface area contributed by atoms with Crippen LogP contribution in [0, 0.1) is 11.3 Å². The van der Waals surface area contributed by atoms with E-state index in [0.717, 1.165) is 6.54 Å². The number of nitrogens with zero attached hydrogens (tertiary/aromatic N) is 2. The Morgan fingerprint density at radius 1 is 1.47 bits per heavy atom. The minimum atomic E-state index is -0.576. The average molecular weight is 264 g/mol. The van der Waals surface area contributed by atoms with Gasteiger partial charge in [0.05, 0.1) is 18.2 Å². The molecular formula is C14H20N2O3. The average Bonchev–Trinajstić information content (AvgIpc) is 2.43. The summed E-state index contributed by atoms with van der Waals surface area (Å²) >= 11 is 0. The first kappa shape index (κ1) is 15.4. The monoisotopic (exact) mass is 264 g/mol. The minimum absolute atomic E-state index is 0.201. The van der Waals surface area contributed by atoms with Crippen LogP contribution < -0.4 is 4.74 Å². The maximum Gasteiger partial charge on any atom is 0.120 e. The zero-order chi connectivity index (χ0) is 14.1. The maximum absolute atomic E-state index is 9.83. The fourth-order valence-electron chi connectivity index (χ4n) is 1.60. The van der Waals surface area contributed by atoms with Crippen LogP contribution in [0.5, 0.6) is 5.75 Å². The Hall–Kier alpha value is -1.61. The second-order valence-corrected chi connectivity index (χ2v) is 4.36. The molecule has 1 N–H and O–H groups in total. The van der Waals surface area contributed by atoms with Gasteiger partial charge in [0, 0.05) is 20.2 Å². The molecule has 1 rings (SSSR count). The van der Waals surface area contributed by atoms with Crippen molar-refractivity contribution in [2.24, 2.45) is 0 Å². The molecule has 19 heavy (non-hydrogen) atoms. The molecule has 0 aliphatic carbocycles. The van der Waals surface area contributed by atoms with Gasteiger partial charge >= 0.3 is 0 Å². The van der Waals surface area contributed by atoms with E-state index in [9.17, 15) is 5.11 Å². The van der Waals surface area contributed by atoms with Crippen LogP contribution in [-0.4, -0.2) is 56.6 Å². The molecule has 0 heterocycles. The quantitative estimate of drug-likeness (QED) is 0.755. The molecule has 0 saturated heterocycles. The molecule has 1 aromatic rings. The van der Waals surface area contributed by atoms with Gasteiger partial charge in [-0.05, 0) is 25.2 Å². The lowest BCUT2D eigenvalue weighted by atomic mass is 10.2. The lowest BCUT2D eigenvalue weighted by Gasteiger charge is -2.20. The van der Waals surface area contributed by atoms with Gasteiger partial charge in [0.2, 0.25) is 0 Å². The van der Waals surface area contributed by atoms with Crippen molar-refractivity contribution >= 4 is 0 Å². The Labute approximate surface area is 114 Å². The lowest BCUT2D eigenvalue weighted by Crippen LogP contribution is -2.34. The molecule has 1 aromatic carbocycles. The molecule has 0 aliphatic heterocycles. The third kappa shape index (κ3) is 6.20. The highest BCUT2D eigenvalue weighted by molar-refractivity contribution is 5.36. The molecule has 0 spiro atoms. The summed E-state index contributed by atoms with van der Waals surface area (Å²) in [6.45, 7) is 2.11. The fourth-order valence-corrected chi connectivity index (χ4v) is 1.60. The number of rotatable bonds is 8. The first-order chi connectivity index (χ1) is 9.15. The van der Waals surface area contributed by atoms with Gasteiger partial charge in [-0.15, -0.1) is 0 Å². The van der Waals surface area contributed by atoms with Gasteiger partial charge in [0.25, 0.3) is 0 Å². The smallest absolute Gasteiger partial charge is 0.120 e. The molecule has 0 amide bonds. The van der Waals surface area contributed by atoms with Crippen LogP contribution in [0.25, 0.3) is 0 Å². The highest BCUT2D eigenvalue weighted by atomic mass is 16.5. The molecule has 0 aliphatic rings. The number of hydrogen-bond acceptors (Lipinski definition) is 5. The van der Waals surface area contributed by atoms with Crippen molar-refractivity contribution in [2.75, 3.05) is 40.5 Å². The number of benzene rings is 1. The van der Waals surface area contributed by atoms with Gasteiger partial charge in [-0.3, -0.25) is 0 Å². The standard InChI is InChI=1S/C14H20N2O3/c1-16(6-7-18-2)10-13(17)11-19-14-5-3-4-12(8-14)9-15/h3-5,8,13,17H,6-7,10-11H2,1-2H3. The van der Waals surface area contributed by atoms with Crippen molar-refractivity contribution in [3.05, 3.63) is 29.8 Å². The van der Waals surface area contributed by atoms with Crippen molar-refractivity contribution in [1.82, 2.24) is 4.90 Å². The molecule has 0 aromatic heterocycles. The largest absolute Gasteiger partial charge is 0.491 e. The van der Waals surface area contributed by atoms with Gasteiger partial charge in [-0.25, -0.2) is 0 Å². The van der Waals surface area contributed by atoms with Crippen molar-refractivity contribution in [3.8, 4) is 11.8 Å². The van der Waals surface area contributed by atoms with Gasteiger partial charge in [-0.2, -0.15) is 5.26 Å². The molecule has 5 nitrogen and oxygen atoms in total. The molecule has 1 unspecified atom stereocenters.